The van der Waals surface area contributed by atoms with E-state index in [1.807, 2.05) is 44.0 Å². The molecule has 1 saturated heterocycles. The molecule has 28 heavy (non-hydrogen) atoms. The first-order valence-corrected chi connectivity index (χ1v) is 9.30. The highest BCUT2D eigenvalue weighted by molar-refractivity contribution is 5.68. The van der Waals surface area contributed by atoms with Gasteiger partial charge in [0.25, 0.3) is 0 Å². The lowest BCUT2D eigenvalue weighted by atomic mass is 10.1. The monoisotopic (exact) mass is 394 g/mol. The van der Waals surface area contributed by atoms with Gasteiger partial charge in [-0.3, -0.25) is 4.90 Å². The molecule has 1 aromatic rings. The second kappa shape index (κ2) is 9.01. The fourth-order valence-corrected chi connectivity index (χ4v) is 3.24. The van der Waals surface area contributed by atoms with Crippen LogP contribution in [0.2, 0.25) is 0 Å². The molecule has 2 aliphatic rings. The molecule has 3 rings (SSSR count). The smallest absolute Gasteiger partial charge is 0.454 e. The third-order valence-corrected chi connectivity index (χ3v) is 4.73. The van der Waals surface area contributed by atoms with Gasteiger partial charge in [0.15, 0.2) is 11.5 Å². The van der Waals surface area contributed by atoms with E-state index in [-0.39, 0.29) is 18.9 Å². The molecule has 2 aliphatic heterocycles. The zero-order valence-electron chi connectivity index (χ0n) is 16.4. The molecule has 1 aromatic carbocycles. The molecule has 2 heterocycles. The van der Waals surface area contributed by atoms with E-state index in [9.17, 15) is 9.59 Å². The molecule has 0 radical (unpaired) electrons. The average molecular weight is 394 g/mol. The standard InChI is InChI=1S/C19H26N2O7/c1-4-21(13(2)7-14-5-6-16-17(8-14)25-11-24-16)18(22)26-12-27-19(23)28-15-9-20(3)10-15/h5-6,8,13,15H,4,7,9-12H2,1-3H3. The van der Waals surface area contributed by atoms with Crippen molar-refractivity contribution in [3.8, 4) is 11.5 Å². The Morgan fingerprint density at radius 3 is 2.71 bits per heavy atom. The summed E-state index contributed by atoms with van der Waals surface area (Å²) in [7, 11) is 1.93. The highest BCUT2D eigenvalue weighted by Crippen LogP contribution is 2.33. The molecule has 1 amide bonds. The van der Waals surface area contributed by atoms with Crippen LogP contribution in [0.15, 0.2) is 18.2 Å². The molecule has 0 aliphatic carbocycles. The number of amides is 1. The number of likely N-dealkylation sites (N-methyl/N-ethyl adjacent to an activating group) is 2. The van der Waals surface area contributed by atoms with Gasteiger partial charge in [-0.2, -0.15) is 0 Å². The Kier molecular flexibility index (Phi) is 6.45. The first kappa shape index (κ1) is 20.1. The van der Waals surface area contributed by atoms with Gasteiger partial charge in [-0.05, 0) is 45.0 Å². The maximum Gasteiger partial charge on any atom is 0.511 e. The van der Waals surface area contributed by atoms with Crippen LogP contribution in [0, 0.1) is 0 Å². The number of carbonyl (C=O) groups is 2. The summed E-state index contributed by atoms with van der Waals surface area (Å²) in [5.41, 5.74) is 1.02. The largest absolute Gasteiger partial charge is 0.511 e. The second-order valence-corrected chi connectivity index (χ2v) is 6.91. The van der Waals surface area contributed by atoms with Gasteiger partial charge in [-0.25, -0.2) is 9.59 Å². The number of carbonyl (C=O) groups excluding carboxylic acids is 2. The van der Waals surface area contributed by atoms with Gasteiger partial charge in [-0.15, -0.1) is 0 Å². The summed E-state index contributed by atoms with van der Waals surface area (Å²) >= 11 is 0. The number of fused-ring (bicyclic) bond motifs is 1. The maximum atomic E-state index is 12.3. The van der Waals surface area contributed by atoms with E-state index < -0.39 is 19.0 Å². The minimum absolute atomic E-state index is 0.115. The van der Waals surface area contributed by atoms with Crippen molar-refractivity contribution in [1.82, 2.24) is 9.80 Å². The Morgan fingerprint density at radius 1 is 1.25 bits per heavy atom. The van der Waals surface area contributed by atoms with E-state index in [2.05, 4.69) is 0 Å². The zero-order valence-corrected chi connectivity index (χ0v) is 16.4. The lowest BCUT2D eigenvalue weighted by Crippen LogP contribution is -2.50. The van der Waals surface area contributed by atoms with E-state index >= 15 is 0 Å². The van der Waals surface area contributed by atoms with Crippen LogP contribution in [0.1, 0.15) is 19.4 Å². The summed E-state index contributed by atoms with van der Waals surface area (Å²) < 4.78 is 25.6. The minimum atomic E-state index is -0.831. The molecule has 0 spiro atoms. The van der Waals surface area contributed by atoms with Gasteiger partial charge in [0, 0.05) is 25.7 Å². The van der Waals surface area contributed by atoms with Crippen molar-refractivity contribution in [2.24, 2.45) is 0 Å². The molecule has 1 unspecified atom stereocenters. The van der Waals surface area contributed by atoms with Gasteiger partial charge in [-0.1, -0.05) is 6.07 Å². The van der Waals surface area contributed by atoms with E-state index in [0.717, 1.165) is 11.3 Å². The molecule has 0 bridgehead atoms. The third-order valence-electron chi connectivity index (χ3n) is 4.73. The van der Waals surface area contributed by atoms with Gasteiger partial charge < -0.3 is 28.6 Å². The van der Waals surface area contributed by atoms with Gasteiger partial charge in [0.05, 0.1) is 0 Å². The van der Waals surface area contributed by atoms with Gasteiger partial charge in [0.1, 0.15) is 6.10 Å². The molecule has 9 nitrogen and oxygen atoms in total. The Balaban J connectivity index is 1.42. The highest BCUT2D eigenvalue weighted by Gasteiger charge is 2.28. The minimum Gasteiger partial charge on any atom is -0.454 e. The van der Waals surface area contributed by atoms with Crippen LogP contribution in [-0.4, -0.2) is 74.5 Å². The van der Waals surface area contributed by atoms with Crippen molar-refractivity contribution >= 4 is 12.2 Å². The van der Waals surface area contributed by atoms with E-state index in [1.165, 1.54) is 0 Å². The fourth-order valence-electron chi connectivity index (χ4n) is 3.24. The van der Waals surface area contributed by atoms with Gasteiger partial charge >= 0.3 is 12.2 Å². The number of ether oxygens (including phenoxy) is 5. The van der Waals surface area contributed by atoms with Crippen molar-refractivity contribution < 1.29 is 33.3 Å². The quantitative estimate of drug-likeness (QED) is 0.514. The second-order valence-electron chi connectivity index (χ2n) is 6.91. The summed E-state index contributed by atoms with van der Waals surface area (Å²) in [6, 6.07) is 5.60. The topological polar surface area (TPSA) is 86.8 Å². The summed E-state index contributed by atoms with van der Waals surface area (Å²) in [5.74, 6) is 1.43. The number of likely N-dealkylation sites (tertiary alicyclic amines) is 1. The summed E-state index contributed by atoms with van der Waals surface area (Å²) in [6.07, 6.45) is -0.922. The van der Waals surface area contributed by atoms with E-state index in [4.69, 9.17) is 23.7 Å². The molecular formula is C19H26N2O7. The van der Waals surface area contributed by atoms with E-state index in [0.29, 0.717) is 31.8 Å². The van der Waals surface area contributed by atoms with E-state index in [1.54, 1.807) is 4.90 Å². The Labute approximate surface area is 164 Å². The number of hydrogen-bond donors (Lipinski definition) is 0. The lowest BCUT2D eigenvalue weighted by Gasteiger charge is -2.34. The number of nitrogens with zero attached hydrogens (tertiary/aromatic N) is 2. The molecule has 0 N–H and O–H groups in total. The first-order valence-electron chi connectivity index (χ1n) is 9.30. The molecule has 154 valence electrons. The predicted octanol–water partition coefficient (Wildman–Crippen LogP) is 2.23. The number of hydrogen-bond acceptors (Lipinski definition) is 8. The number of rotatable bonds is 7. The van der Waals surface area contributed by atoms with Crippen LogP contribution in [0.25, 0.3) is 0 Å². The Morgan fingerprint density at radius 2 is 2.00 bits per heavy atom. The van der Waals surface area contributed by atoms with Crippen LogP contribution in [0.3, 0.4) is 0 Å². The molecular weight excluding hydrogens is 368 g/mol. The molecule has 0 saturated carbocycles. The van der Waals surface area contributed by atoms with Crippen molar-refractivity contribution in [3.05, 3.63) is 23.8 Å². The third kappa shape index (κ3) is 4.98. The first-order chi connectivity index (χ1) is 13.5. The summed E-state index contributed by atoms with van der Waals surface area (Å²) in [4.78, 5) is 27.5. The zero-order chi connectivity index (χ0) is 20.1. The lowest BCUT2D eigenvalue weighted by molar-refractivity contribution is -0.0654. The number of benzene rings is 1. The summed E-state index contributed by atoms with van der Waals surface area (Å²) in [5, 5.41) is 0. The normalized spacial score (nSPS) is 16.8. The van der Waals surface area contributed by atoms with Crippen molar-refractivity contribution in [2.75, 3.05) is 40.3 Å². The predicted molar refractivity (Wildman–Crippen MR) is 98.3 cm³/mol. The van der Waals surface area contributed by atoms with Crippen LogP contribution >= 0.6 is 0 Å². The fraction of sp³-hybridized carbons (Fsp3) is 0.579. The maximum absolute atomic E-state index is 12.3. The Hall–Kier alpha value is -2.68. The van der Waals surface area contributed by atoms with Crippen LogP contribution in [0.5, 0.6) is 11.5 Å². The molecule has 1 atom stereocenters. The molecule has 0 aromatic heterocycles. The SMILES string of the molecule is CCN(C(=O)OCOC(=O)OC1CN(C)C1)C(C)Cc1ccc2c(c1)OCO2. The van der Waals surface area contributed by atoms with Crippen LogP contribution in [0.4, 0.5) is 9.59 Å². The van der Waals surface area contributed by atoms with Crippen LogP contribution in [-0.2, 0) is 20.6 Å². The van der Waals surface area contributed by atoms with Crippen molar-refractivity contribution in [2.45, 2.75) is 32.4 Å². The van der Waals surface area contributed by atoms with Crippen molar-refractivity contribution in [3.63, 3.8) is 0 Å². The highest BCUT2D eigenvalue weighted by atomic mass is 16.8. The Bertz CT molecular complexity index is 706. The molecule has 9 heteroatoms. The van der Waals surface area contributed by atoms with Crippen LogP contribution < -0.4 is 9.47 Å². The van der Waals surface area contributed by atoms with Crippen molar-refractivity contribution in [1.29, 1.82) is 0 Å². The molecule has 1 fully saturated rings. The van der Waals surface area contributed by atoms with Gasteiger partial charge in [0.2, 0.25) is 13.6 Å². The average Bonchev–Trinajstić information content (AvgIpc) is 3.08. The summed E-state index contributed by atoms with van der Waals surface area (Å²) in [6.45, 7) is 5.35.